The van der Waals surface area contributed by atoms with Crippen LogP contribution in [0.3, 0.4) is 0 Å². The number of amides is 2. The topological polar surface area (TPSA) is 86.9 Å². The lowest BCUT2D eigenvalue weighted by atomic mass is 9.80. The van der Waals surface area contributed by atoms with Gasteiger partial charge in [0.05, 0.1) is 11.0 Å². The summed E-state index contributed by atoms with van der Waals surface area (Å²) >= 11 is 0. The SMILES string of the molecule is CC1CCCCC1C(=O)Nc1ccc(-c2nc3cc(C(=O)NC4CCCCCC4)ccc3[nH]2)cc1. The molecule has 6 heteroatoms. The van der Waals surface area contributed by atoms with Crippen LogP contribution in [0, 0.1) is 11.8 Å². The van der Waals surface area contributed by atoms with Crippen LogP contribution in [-0.4, -0.2) is 27.8 Å². The highest BCUT2D eigenvalue weighted by Gasteiger charge is 2.27. The van der Waals surface area contributed by atoms with Crippen LogP contribution < -0.4 is 10.6 Å². The molecule has 2 atom stereocenters. The normalized spacial score (nSPS) is 21.4. The van der Waals surface area contributed by atoms with Gasteiger partial charge in [-0.15, -0.1) is 0 Å². The molecule has 6 nitrogen and oxygen atoms in total. The molecule has 2 aromatic carbocycles. The summed E-state index contributed by atoms with van der Waals surface area (Å²) in [6.45, 7) is 2.18. The zero-order chi connectivity index (χ0) is 24.2. The summed E-state index contributed by atoms with van der Waals surface area (Å²) in [6.07, 6.45) is 11.5. The van der Waals surface area contributed by atoms with E-state index < -0.39 is 0 Å². The highest BCUT2D eigenvalue weighted by atomic mass is 16.2. The molecule has 3 N–H and O–H groups in total. The van der Waals surface area contributed by atoms with Crippen molar-refractivity contribution in [2.45, 2.75) is 77.2 Å². The number of aromatic nitrogens is 2. The first kappa shape index (κ1) is 23.6. The van der Waals surface area contributed by atoms with Gasteiger partial charge < -0.3 is 15.6 Å². The van der Waals surface area contributed by atoms with Crippen molar-refractivity contribution < 1.29 is 9.59 Å². The maximum atomic E-state index is 12.8. The Morgan fingerprint density at radius 2 is 1.60 bits per heavy atom. The first-order chi connectivity index (χ1) is 17.1. The zero-order valence-corrected chi connectivity index (χ0v) is 20.6. The van der Waals surface area contributed by atoms with Crippen molar-refractivity contribution >= 4 is 28.5 Å². The predicted molar refractivity (Wildman–Crippen MR) is 140 cm³/mol. The fourth-order valence-electron chi connectivity index (χ4n) is 5.63. The van der Waals surface area contributed by atoms with Gasteiger partial charge in [-0.2, -0.15) is 0 Å². The summed E-state index contributed by atoms with van der Waals surface area (Å²) in [4.78, 5) is 33.6. The molecule has 0 radical (unpaired) electrons. The summed E-state index contributed by atoms with van der Waals surface area (Å²) in [5.74, 6) is 1.41. The van der Waals surface area contributed by atoms with E-state index in [0.29, 0.717) is 11.5 Å². The molecule has 5 rings (SSSR count). The highest BCUT2D eigenvalue weighted by Crippen LogP contribution is 2.31. The molecule has 184 valence electrons. The Labute approximate surface area is 207 Å². The van der Waals surface area contributed by atoms with Gasteiger partial charge in [0, 0.05) is 28.8 Å². The first-order valence-electron chi connectivity index (χ1n) is 13.3. The van der Waals surface area contributed by atoms with Crippen molar-refractivity contribution in [2.75, 3.05) is 5.32 Å². The van der Waals surface area contributed by atoms with Gasteiger partial charge in [-0.3, -0.25) is 9.59 Å². The molecular weight excluding hydrogens is 436 g/mol. The second-order valence-corrected chi connectivity index (χ2v) is 10.4. The second kappa shape index (κ2) is 10.6. The number of fused-ring (bicyclic) bond motifs is 1. The summed E-state index contributed by atoms with van der Waals surface area (Å²) in [5.41, 5.74) is 4.07. The van der Waals surface area contributed by atoms with Crippen molar-refractivity contribution in [3.8, 4) is 11.4 Å². The van der Waals surface area contributed by atoms with Crippen molar-refractivity contribution in [1.82, 2.24) is 15.3 Å². The third kappa shape index (κ3) is 5.58. The minimum absolute atomic E-state index is 0.0178. The van der Waals surface area contributed by atoms with E-state index in [2.05, 4.69) is 22.5 Å². The standard InChI is InChI=1S/C29H36N4O2/c1-19-8-6-7-11-24(19)29(35)31-23-15-12-20(13-16-23)27-32-25-17-14-21(18-26(25)33-27)28(34)30-22-9-4-2-3-5-10-22/h12-19,22,24H,2-11H2,1H3,(H,30,34)(H,31,35)(H,32,33). The zero-order valence-electron chi connectivity index (χ0n) is 20.6. The number of H-pyrrole nitrogens is 1. The van der Waals surface area contributed by atoms with E-state index in [1.165, 1.54) is 32.1 Å². The molecule has 0 aliphatic heterocycles. The van der Waals surface area contributed by atoms with Crippen LogP contribution in [-0.2, 0) is 4.79 Å². The summed E-state index contributed by atoms with van der Waals surface area (Å²) in [5, 5.41) is 6.31. The lowest BCUT2D eigenvalue weighted by Crippen LogP contribution is -2.34. The van der Waals surface area contributed by atoms with Crippen molar-refractivity contribution in [3.63, 3.8) is 0 Å². The number of nitrogens with one attached hydrogen (secondary N) is 3. The van der Waals surface area contributed by atoms with Gasteiger partial charge in [-0.25, -0.2) is 4.98 Å². The fourth-order valence-corrected chi connectivity index (χ4v) is 5.63. The van der Waals surface area contributed by atoms with Gasteiger partial charge in [0.2, 0.25) is 5.91 Å². The molecule has 2 amide bonds. The molecule has 2 aliphatic carbocycles. The molecular formula is C29H36N4O2. The number of hydrogen-bond acceptors (Lipinski definition) is 3. The molecule has 3 aromatic rings. The Balaban J connectivity index is 1.25. The Bertz CT molecular complexity index is 1180. The maximum absolute atomic E-state index is 12.8. The average Bonchev–Trinajstić information content (AvgIpc) is 3.13. The molecule has 1 heterocycles. The summed E-state index contributed by atoms with van der Waals surface area (Å²) in [6, 6.07) is 13.7. The number of carbonyl (C=O) groups is 2. The minimum atomic E-state index is -0.0178. The van der Waals surface area contributed by atoms with Crippen LogP contribution in [0.25, 0.3) is 22.4 Å². The van der Waals surface area contributed by atoms with Crippen molar-refractivity contribution in [3.05, 3.63) is 48.0 Å². The van der Waals surface area contributed by atoms with E-state index in [-0.39, 0.29) is 23.8 Å². The third-order valence-electron chi connectivity index (χ3n) is 7.81. The van der Waals surface area contributed by atoms with Gasteiger partial charge in [-0.1, -0.05) is 45.4 Å². The van der Waals surface area contributed by atoms with Crippen molar-refractivity contribution in [1.29, 1.82) is 0 Å². The van der Waals surface area contributed by atoms with Gasteiger partial charge in [0.15, 0.2) is 0 Å². The maximum Gasteiger partial charge on any atom is 0.251 e. The van der Waals surface area contributed by atoms with Gasteiger partial charge in [0.25, 0.3) is 5.91 Å². The molecule has 0 spiro atoms. The van der Waals surface area contributed by atoms with Crippen LogP contribution in [0.15, 0.2) is 42.5 Å². The van der Waals surface area contributed by atoms with Crippen LogP contribution in [0.1, 0.15) is 81.5 Å². The van der Waals surface area contributed by atoms with Crippen LogP contribution >= 0.6 is 0 Å². The second-order valence-electron chi connectivity index (χ2n) is 10.4. The van der Waals surface area contributed by atoms with E-state index in [0.717, 1.165) is 60.2 Å². The van der Waals surface area contributed by atoms with Crippen molar-refractivity contribution in [2.24, 2.45) is 11.8 Å². The Kier molecular flexibility index (Phi) is 7.16. The van der Waals surface area contributed by atoms with E-state index in [9.17, 15) is 9.59 Å². The molecule has 0 saturated heterocycles. The number of hydrogen-bond donors (Lipinski definition) is 3. The Morgan fingerprint density at radius 3 is 2.34 bits per heavy atom. The minimum Gasteiger partial charge on any atom is -0.349 e. The highest BCUT2D eigenvalue weighted by molar-refractivity contribution is 5.98. The number of benzene rings is 2. The van der Waals surface area contributed by atoms with Gasteiger partial charge in [0.1, 0.15) is 5.82 Å². The van der Waals surface area contributed by atoms with E-state index >= 15 is 0 Å². The number of anilines is 1. The molecule has 0 bridgehead atoms. The smallest absolute Gasteiger partial charge is 0.251 e. The Hall–Kier alpha value is -3.15. The number of nitrogens with zero attached hydrogens (tertiary/aromatic N) is 1. The lowest BCUT2D eigenvalue weighted by molar-refractivity contribution is -0.122. The molecule has 35 heavy (non-hydrogen) atoms. The predicted octanol–water partition coefficient (Wildman–Crippen LogP) is 6.45. The molecule has 2 aliphatic rings. The van der Waals surface area contributed by atoms with E-state index in [4.69, 9.17) is 4.98 Å². The monoisotopic (exact) mass is 472 g/mol. The van der Waals surface area contributed by atoms with Crippen LogP contribution in [0.2, 0.25) is 0 Å². The van der Waals surface area contributed by atoms with E-state index in [1.807, 2.05) is 42.5 Å². The summed E-state index contributed by atoms with van der Waals surface area (Å²) in [7, 11) is 0. The first-order valence-corrected chi connectivity index (χ1v) is 13.3. The van der Waals surface area contributed by atoms with Gasteiger partial charge in [-0.05, 0) is 74.1 Å². The number of imidazole rings is 1. The lowest BCUT2D eigenvalue weighted by Gasteiger charge is -2.27. The Morgan fingerprint density at radius 1 is 0.886 bits per heavy atom. The van der Waals surface area contributed by atoms with Crippen LogP contribution in [0.4, 0.5) is 5.69 Å². The number of carbonyl (C=O) groups excluding carboxylic acids is 2. The molecule has 1 aromatic heterocycles. The van der Waals surface area contributed by atoms with E-state index in [1.54, 1.807) is 0 Å². The van der Waals surface area contributed by atoms with Gasteiger partial charge >= 0.3 is 0 Å². The molecule has 2 saturated carbocycles. The number of aromatic amines is 1. The fraction of sp³-hybridized carbons (Fsp3) is 0.483. The average molecular weight is 473 g/mol. The molecule has 2 unspecified atom stereocenters. The molecule has 2 fully saturated rings. The quantitative estimate of drug-likeness (QED) is 0.373. The third-order valence-corrected chi connectivity index (χ3v) is 7.81. The number of rotatable bonds is 5. The van der Waals surface area contributed by atoms with Crippen LogP contribution in [0.5, 0.6) is 0 Å². The summed E-state index contributed by atoms with van der Waals surface area (Å²) < 4.78 is 0. The largest absolute Gasteiger partial charge is 0.349 e.